The molecule has 0 N–H and O–H groups in total. The van der Waals surface area contributed by atoms with E-state index in [2.05, 4.69) is 13.5 Å². The first-order valence-electron chi connectivity index (χ1n) is 7.07. The van der Waals surface area contributed by atoms with E-state index >= 15 is 0 Å². The lowest BCUT2D eigenvalue weighted by Crippen LogP contribution is -2.05. The van der Waals surface area contributed by atoms with E-state index in [-0.39, 0.29) is 5.97 Å². The zero-order chi connectivity index (χ0) is 12.8. The van der Waals surface area contributed by atoms with Crippen molar-refractivity contribution in [2.45, 2.75) is 71.1 Å². The molecule has 0 aromatic rings. The molecule has 0 bridgehead atoms. The highest BCUT2D eigenvalue weighted by Crippen LogP contribution is 2.06. The van der Waals surface area contributed by atoms with Crippen molar-refractivity contribution < 1.29 is 9.53 Å². The van der Waals surface area contributed by atoms with Crippen molar-refractivity contribution in [3.8, 4) is 0 Å². The monoisotopic (exact) mass is 240 g/mol. The quantitative estimate of drug-likeness (QED) is 0.282. The third kappa shape index (κ3) is 13.1. The molecule has 0 heterocycles. The van der Waals surface area contributed by atoms with Crippen LogP contribution in [0.25, 0.3) is 0 Å². The fraction of sp³-hybridized carbons (Fsp3) is 0.800. The number of carbonyl (C=O) groups is 1. The van der Waals surface area contributed by atoms with Gasteiger partial charge in [0.05, 0.1) is 6.61 Å². The molecular formula is C15H28O2. The Morgan fingerprint density at radius 2 is 1.76 bits per heavy atom. The van der Waals surface area contributed by atoms with Crippen molar-refractivity contribution >= 4 is 5.97 Å². The summed E-state index contributed by atoms with van der Waals surface area (Å²) in [6, 6.07) is 0. The Hall–Kier alpha value is -0.790. The zero-order valence-corrected chi connectivity index (χ0v) is 11.4. The molecule has 0 aromatic carbocycles. The summed E-state index contributed by atoms with van der Waals surface area (Å²) in [4.78, 5) is 11.3. The molecular weight excluding hydrogens is 212 g/mol. The van der Waals surface area contributed by atoms with E-state index in [0.717, 1.165) is 32.1 Å². The molecule has 0 aromatic heterocycles. The Bertz CT molecular complexity index is 187. The number of carbonyl (C=O) groups excluding carboxylic acids is 1. The van der Waals surface area contributed by atoms with Crippen molar-refractivity contribution in [2.24, 2.45) is 0 Å². The maximum absolute atomic E-state index is 11.3. The molecule has 0 saturated heterocycles. The van der Waals surface area contributed by atoms with Gasteiger partial charge in [-0.3, -0.25) is 4.79 Å². The van der Waals surface area contributed by atoms with Gasteiger partial charge in [-0.05, 0) is 25.7 Å². The lowest BCUT2D eigenvalue weighted by atomic mass is 10.1. The van der Waals surface area contributed by atoms with Gasteiger partial charge in [-0.25, -0.2) is 0 Å². The molecule has 0 unspecified atom stereocenters. The molecule has 100 valence electrons. The second-order valence-corrected chi connectivity index (χ2v) is 4.52. The standard InChI is InChI=1S/C15H28O2/c1-3-5-7-9-10-12-14-17-15(16)13-11-8-6-4-2/h3H,1,4-14H2,2H3. The predicted molar refractivity (Wildman–Crippen MR) is 73.0 cm³/mol. The van der Waals surface area contributed by atoms with Gasteiger partial charge in [0.2, 0.25) is 0 Å². The first-order chi connectivity index (χ1) is 8.31. The normalized spacial score (nSPS) is 10.2. The molecule has 0 radical (unpaired) electrons. The SMILES string of the molecule is C=CCCCCCCOC(=O)CCCCCC. The van der Waals surface area contributed by atoms with Crippen LogP contribution in [-0.2, 0) is 9.53 Å². The predicted octanol–water partition coefficient (Wildman–Crippen LogP) is 4.64. The molecule has 0 fully saturated rings. The molecule has 0 spiro atoms. The van der Waals surface area contributed by atoms with Gasteiger partial charge in [0, 0.05) is 6.42 Å². The van der Waals surface area contributed by atoms with Gasteiger partial charge in [-0.15, -0.1) is 6.58 Å². The topological polar surface area (TPSA) is 26.3 Å². The van der Waals surface area contributed by atoms with Gasteiger partial charge in [-0.1, -0.05) is 45.1 Å². The Morgan fingerprint density at radius 3 is 2.47 bits per heavy atom. The maximum atomic E-state index is 11.3. The van der Waals surface area contributed by atoms with Gasteiger partial charge in [0.25, 0.3) is 0 Å². The summed E-state index contributed by atoms with van der Waals surface area (Å²) in [5.41, 5.74) is 0. The maximum Gasteiger partial charge on any atom is 0.305 e. The van der Waals surface area contributed by atoms with Crippen molar-refractivity contribution in [2.75, 3.05) is 6.61 Å². The third-order valence-corrected chi connectivity index (χ3v) is 2.80. The molecule has 0 atom stereocenters. The van der Waals surface area contributed by atoms with E-state index in [1.54, 1.807) is 0 Å². The molecule has 0 saturated carbocycles. The molecule has 0 amide bonds. The molecule has 0 aliphatic rings. The first kappa shape index (κ1) is 16.2. The highest BCUT2D eigenvalue weighted by Gasteiger charge is 2.01. The number of allylic oxidation sites excluding steroid dienone is 1. The Kier molecular flexibility index (Phi) is 12.7. The van der Waals surface area contributed by atoms with E-state index in [0.29, 0.717) is 13.0 Å². The van der Waals surface area contributed by atoms with E-state index in [1.807, 2.05) is 6.08 Å². The van der Waals surface area contributed by atoms with Crippen LogP contribution in [0.15, 0.2) is 12.7 Å². The summed E-state index contributed by atoms with van der Waals surface area (Å²) < 4.78 is 5.17. The van der Waals surface area contributed by atoms with Crippen LogP contribution in [0.3, 0.4) is 0 Å². The number of rotatable bonds is 12. The third-order valence-electron chi connectivity index (χ3n) is 2.80. The van der Waals surface area contributed by atoms with Crippen LogP contribution >= 0.6 is 0 Å². The van der Waals surface area contributed by atoms with Crippen molar-refractivity contribution in [3.63, 3.8) is 0 Å². The molecule has 2 heteroatoms. The van der Waals surface area contributed by atoms with Gasteiger partial charge in [-0.2, -0.15) is 0 Å². The van der Waals surface area contributed by atoms with Crippen molar-refractivity contribution in [3.05, 3.63) is 12.7 Å². The summed E-state index contributed by atoms with van der Waals surface area (Å²) in [7, 11) is 0. The summed E-state index contributed by atoms with van der Waals surface area (Å²) in [5.74, 6) is -0.0211. The lowest BCUT2D eigenvalue weighted by Gasteiger charge is -2.04. The Morgan fingerprint density at radius 1 is 1.06 bits per heavy atom. The highest BCUT2D eigenvalue weighted by atomic mass is 16.5. The van der Waals surface area contributed by atoms with Gasteiger partial charge >= 0.3 is 5.97 Å². The molecule has 2 nitrogen and oxygen atoms in total. The van der Waals surface area contributed by atoms with Crippen LogP contribution in [0.2, 0.25) is 0 Å². The number of ether oxygens (including phenoxy) is 1. The van der Waals surface area contributed by atoms with Crippen LogP contribution in [0.4, 0.5) is 0 Å². The molecule has 17 heavy (non-hydrogen) atoms. The van der Waals surface area contributed by atoms with E-state index in [4.69, 9.17) is 4.74 Å². The second-order valence-electron chi connectivity index (χ2n) is 4.52. The minimum Gasteiger partial charge on any atom is -0.466 e. The Balaban J connectivity index is 3.13. The number of hydrogen-bond acceptors (Lipinski definition) is 2. The Labute approximate surface area is 106 Å². The molecule has 0 aliphatic carbocycles. The van der Waals surface area contributed by atoms with Gasteiger partial charge in [0.1, 0.15) is 0 Å². The summed E-state index contributed by atoms with van der Waals surface area (Å²) >= 11 is 0. The minimum atomic E-state index is -0.0211. The fourth-order valence-electron chi connectivity index (χ4n) is 1.70. The summed E-state index contributed by atoms with van der Waals surface area (Å²) in [6.07, 6.45) is 12.8. The van der Waals surface area contributed by atoms with Crippen LogP contribution in [-0.4, -0.2) is 12.6 Å². The van der Waals surface area contributed by atoms with Gasteiger partial charge < -0.3 is 4.74 Å². The molecule has 0 rings (SSSR count). The second kappa shape index (κ2) is 13.3. The lowest BCUT2D eigenvalue weighted by molar-refractivity contribution is -0.143. The fourth-order valence-corrected chi connectivity index (χ4v) is 1.70. The average molecular weight is 240 g/mol. The van der Waals surface area contributed by atoms with Crippen molar-refractivity contribution in [1.82, 2.24) is 0 Å². The van der Waals surface area contributed by atoms with Crippen LogP contribution < -0.4 is 0 Å². The highest BCUT2D eigenvalue weighted by molar-refractivity contribution is 5.69. The number of unbranched alkanes of at least 4 members (excludes halogenated alkanes) is 7. The van der Waals surface area contributed by atoms with Gasteiger partial charge in [0.15, 0.2) is 0 Å². The van der Waals surface area contributed by atoms with E-state index < -0.39 is 0 Å². The number of esters is 1. The average Bonchev–Trinajstić information content (AvgIpc) is 2.33. The first-order valence-corrected chi connectivity index (χ1v) is 7.07. The zero-order valence-electron chi connectivity index (χ0n) is 11.4. The van der Waals surface area contributed by atoms with Crippen LogP contribution in [0.1, 0.15) is 71.1 Å². The smallest absolute Gasteiger partial charge is 0.305 e. The molecule has 0 aliphatic heterocycles. The summed E-state index contributed by atoms with van der Waals surface area (Å²) in [6.45, 7) is 6.46. The minimum absolute atomic E-state index is 0.0211. The largest absolute Gasteiger partial charge is 0.466 e. The van der Waals surface area contributed by atoms with Crippen molar-refractivity contribution in [1.29, 1.82) is 0 Å². The van der Waals surface area contributed by atoms with Crippen LogP contribution in [0.5, 0.6) is 0 Å². The van der Waals surface area contributed by atoms with Crippen LogP contribution in [0, 0.1) is 0 Å². The van der Waals surface area contributed by atoms with E-state index in [1.165, 1.54) is 25.7 Å². The number of hydrogen-bond donors (Lipinski definition) is 0. The van der Waals surface area contributed by atoms with E-state index in [9.17, 15) is 4.79 Å². The summed E-state index contributed by atoms with van der Waals surface area (Å²) in [5, 5.41) is 0.